The van der Waals surface area contributed by atoms with Crippen molar-refractivity contribution in [1.29, 1.82) is 0 Å². The maximum absolute atomic E-state index is 5.67. The number of hydrogen-bond acceptors (Lipinski definition) is 4. The molecule has 0 aromatic carbocycles. The van der Waals surface area contributed by atoms with Crippen LogP contribution < -0.4 is 4.90 Å². The number of thiol groups is 1. The van der Waals surface area contributed by atoms with Gasteiger partial charge in [-0.3, -0.25) is 0 Å². The molecule has 0 spiro atoms. The van der Waals surface area contributed by atoms with Crippen LogP contribution in [-0.4, -0.2) is 24.3 Å². The van der Waals surface area contributed by atoms with E-state index >= 15 is 0 Å². The van der Waals surface area contributed by atoms with Crippen LogP contribution in [0.15, 0.2) is 6.20 Å². The summed E-state index contributed by atoms with van der Waals surface area (Å²) >= 11 is 11.3. The topological polar surface area (TPSA) is 16.1 Å². The van der Waals surface area contributed by atoms with Crippen molar-refractivity contribution in [2.24, 2.45) is 0 Å². The SMILES string of the molecule is CN(CCS)c1cnc(Cl)s1. The Morgan fingerprint density at radius 1 is 1.82 bits per heavy atom. The lowest BCUT2D eigenvalue weighted by molar-refractivity contribution is 0.991. The van der Waals surface area contributed by atoms with Crippen molar-refractivity contribution in [3.63, 3.8) is 0 Å². The minimum atomic E-state index is 0.589. The lowest BCUT2D eigenvalue weighted by atomic mass is 10.6. The van der Waals surface area contributed by atoms with Gasteiger partial charge >= 0.3 is 0 Å². The monoisotopic (exact) mass is 208 g/mol. The fraction of sp³-hybridized carbons (Fsp3) is 0.500. The van der Waals surface area contributed by atoms with Crippen molar-refractivity contribution in [2.45, 2.75) is 0 Å². The number of hydrogen-bond donors (Lipinski definition) is 1. The van der Waals surface area contributed by atoms with Gasteiger partial charge in [0.25, 0.3) is 0 Å². The standard InChI is InChI=1S/C6H9ClN2S2/c1-9(2-3-10)5-4-8-6(7)11-5/h4,10H,2-3H2,1H3. The Morgan fingerprint density at radius 2 is 2.55 bits per heavy atom. The first-order chi connectivity index (χ1) is 5.24. The van der Waals surface area contributed by atoms with Gasteiger partial charge in [0.05, 0.1) is 6.20 Å². The van der Waals surface area contributed by atoms with E-state index in [0.29, 0.717) is 4.47 Å². The summed E-state index contributed by atoms with van der Waals surface area (Å²) in [7, 11) is 2.00. The highest BCUT2D eigenvalue weighted by Crippen LogP contribution is 2.25. The lowest BCUT2D eigenvalue weighted by Gasteiger charge is -2.13. The Morgan fingerprint density at radius 3 is 3.00 bits per heavy atom. The molecule has 0 N–H and O–H groups in total. The predicted octanol–water partition coefficient (Wildman–Crippen LogP) is 2.16. The van der Waals surface area contributed by atoms with Crippen molar-refractivity contribution in [1.82, 2.24) is 4.98 Å². The van der Waals surface area contributed by atoms with Gasteiger partial charge in [-0.05, 0) is 0 Å². The second-order valence-electron chi connectivity index (χ2n) is 2.10. The van der Waals surface area contributed by atoms with E-state index in [4.69, 9.17) is 11.6 Å². The molecule has 0 saturated carbocycles. The summed E-state index contributed by atoms with van der Waals surface area (Å²) in [5.41, 5.74) is 0. The summed E-state index contributed by atoms with van der Waals surface area (Å²) in [6.07, 6.45) is 1.77. The molecule has 2 nitrogen and oxygen atoms in total. The van der Waals surface area contributed by atoms with E-state index in [2.05, 4.69) is 22.5 Å². The molecule has 5 heteroatoms. The van der Waals surface area contributed by atoms with E-state index in [1.807, 2.05) is 7.05 Å². The van der Waals surface area contributed by atoms with Crippen LogP contribution in [0.3, 0.4) is 0 Å². The van der Waals surface area contributed by atoms with Gasteiger partial charge in [-0.25, -0.2) is 4.98 Å². The minimum Gasteiger partial charge on any atom is -0.364 e. The molecule has 1 aromatic heterocycles. The third-order valence-electron chi connectivity index (χ3n) is 1.28. The van der Waals surface area contributed by atoms with Crippen LogP contribution in [0.5, 0.6) is 0 Å². The summed E-state index contributed by atoms with van der Waals surface area (Å²) in [5, 5.41) is 1.09. The molecule has 0 bridgehead atoms. The van der Waals surface area contributed by atoms with Gasteiger partial charge < -0.3 is 4.90 Å². The highest BCUT2D eigenvalue weighted by molar-refractivity contribution is 7.80. The second-order valence-corrected chi connectivity index (χ2v) is 4.14. The maximum atomic E-state index is 5.67. The molecule has 0 aliphatic rings. The zero-order valence-corrected chi connectivity index (χ0v) is 8.59. The highest BCUT2D eigenvalue weighted by atomic mass is 35.5. The molecule has 0 radical (unpaired) electrons. The first-order valence-electron chi connectivity index (χ1n) is 3.17. The third kappa shape index (κ3) is 2.54. The van der Waals surface area contributed by atoms with Crippen LogP contribution in [0.2, 0.25) is 4.47 Å². The Hall–Kier alpha value is 0.0700. The number of rotatable bonds is 3. The first kappa shape index (κ1) is 9.16. The van der Waals surface area contributed by atoms with Gasteiger partial charge in [0.15, 0.2) is 4.47 Å². The van der Waals surface area contributed by atoms with Crippen LogP contribution in [-0.2, 0) is 0 Å². The zero-order valence-electron chi connectivity index (χ0n) is 6.12. The molecular formula is C6H9ClN2S2. The zero-order chi connectivity index (χ0) is 8.27. The molecule has 1 rings (SSSR count). The quantitative estimate of drug-likeness (QED) is 0.767. The Kier molecular flexibility index (Phi) is 3.48. The van der Waals surface area contributed by atoms with Gasteiger partial charge in [-0.2, -0.15) is 12.6 Å². The number of halogens is 1. The van der Waals surface area contributed by atoms with Crippen molar-refractivity contribution in [3.8, 4) is 0 Å². The average Bonchev–Trinajstić information content (AvgIpc) is 2.36. The summed E-state index contributed by atoms with van der Waals surface area (Å²) in [5.74, 6) is 0.839. The summed E-state index contributed by atoms with van der Waals surface area (Å²) in [4.78, 5) is 6.02. The van der Waals surface area contributed by atoms with Gasteiger partial charge in [-0.15, -0.1) is 0 Å². The Balaban J connectivity index is 2.60. The molecule has 0 saturated heterocycles. The number of anilines is 1. The minimum absolute atomic E-state index is 0.589. The highest BCUT2D eigenvalue weighted by Gasteiger charge is 2.02. The Bertz CT molecular complexity index is 226. The molecule has 0 unspecified atom stereocenters. The normalized spacial score (nSPS) is 10.1. The predicted molar refractivity (Wildman–Crippen MR) is 54.2 cm³/mol. The van der Waals surface area contributed by atoms with Crippen molar-refractivity contribution >= 4 is 40.6 Å². The number of aromatic nitrogens is 1. The van der Waals surface area contributed by atoms with E-state index < -0.39 is 0 Å². The van der Waals surface area contributed by atoms with Crippen molar-refractivity contribution in [2.75, 3.05) is 24.2 Å². The van der Waals surface area contributed by atoms with Crippen LogP contribution in [0, 0.1) is 0 Å². The molecule has 0 atom stereocenters. The van der Waals surface area contributed by atoms with Crippen LogP contribution in [0.4, 0.5) is 5.00 Å². The molecular weight excluding hydrogens is 200 g/mol. The van der Waals surface area contributed by atoms with Crippen molar-refractivity contribution < 1.29 is 0 Å². The molecule has 0 fully saturated rings. The van der Waals surface area contributed by atoms with Crippen LogP contribution in [0.25, 0.3) is 0 Å². The van der Waals surface area contributed by atoms with Gasteiger partial charge in [-0.1, -0.05) is 22.9 Å². The van der Waals surface area contributed by atoms with E-state index in [1.165, 1.54) is 11.3 Å². The third-order valence-corrected chi connectivity index (χ3v) is 2.71. The number of thiazole rings is 1. The van der Waals surface area contributed by atoms with E-state index in [9.17, 15) is 0 Å². The van der Waals surface area contributed by atoms with Crippen LogP contribution in [0.1, 0.15) is 0 Å². The average molecular weight is 209 g/mol. The molecule has 1 heterocycles. The molecule has 1 aromatic rings. The van der Waals surface area contributed by atoms with E-state index in [1.54, 1.807) is 6.20 Å². The summed E-state index contributed by atoms with van der Waals surface area (Å²) < 4.78 is 0.589. The van der Waals surface area contributed by atoms with E-state index in [0.717, 1.165) is 17.3 Å². The smallest absolute Gasteiger partial charge is 0.185 e. The van der Waals surface area contributed by atoms with E-state index in [-0.39, 0.29) is 0 Å². The lowest BCUT2D eigenvalue weighted by Crippen LogP contribution is -2.18. The number of nitrogens with zero attached hydrogens (tertiary/aromatic N) is 2. The fourth-order valence-corrected chi connectivity index (χ4v) is 1.90. The summed E-state index contributed by atoms with van der Waals surface area (Å²) in [6, 6.07) is 0. The molecule has 0 aliphatic carbocycles. The van der Waals surface area contributed by atoms with Gasteiger partial charge in [0.2, 0.25) is 0 Å². The summed E-state index contributed by atoms with van der Waals surface area (Å²) in [6.45, 7) is 0.918. The van der Waals surface area contributed by atoms with Crippen molar-refractivity contribution in [3.05, 3.63) is 10.7 Å². The molecule has 0 amide bonds. The molecule has 11 heavy (non-hydrogen) atoms. The second kappa shape index (κ2) is 4.18. The Labute approximate surface area is 80.6 Å². The molecule has 0 aliphatic heterocycles. The van der Waals surface area contributed by atoms with Crippen LogP contribution >= 0.6 is 35.6 Å². The largest absolute Gasteiger partial charge is 0.364 e. The maximum Gasteiger partial charge on any atom is 0.185 e. The fourth-order valence-electron chi connectivity index (χ4n) is 0.682. The molecule has 62 valence electrons. The van der Waals surface area contributed by atoms with Gasteiger partial charge in [0.1, 0.15) is 5.00 Å². The first-order valence-corrected chi connectivity index (χ1v) is 5.00. The van der Waals surface area contributed by atoms with Gasteiger partial charge in [0, 0.05) is 19.3 Å².